The minimum Gasteiger partial charge on any atom is -0.465 e. The van der Waals surface area contributed by atoms with E-state index in [0.717, 1.165) is 10.2 Å². The average molecular weight is 353 g/mol. The fourth-order valence-corrected chi connectivity index (χ4v) is 2.63. The number of rotatable bonds is 5. The van der Waals surface area contributed by atoms with Gasteiger partial charge in [-0.2, -0.15) is 5.10 Å². The predicted octanol–water partition coefficient (Wildman–Crippen LogP) is 2.53. The van der Waals surface area contributed by atoms with Gasteiger partial charge in [0.25, 0.3) is 11.2 Å². The maximum atomic E-state index is 12.7. The van der Waals surface area contributed by atoms with Crippen molar-refractivity contribution in [1.29, 1.82) is 0 Å². The lowest BCUT2D eigenvalue weighted by molar-refractivity contribution is -0.384. The van der Waals surface area contributed by atoms with Gasteiger partial charge in [0.15, 0.2) is 0 Å². The molecule has 0 aliphatic heterocycles. The quantitative estimate of drug-likeness (QED) is 0.396. The molecule has 0 saturated carbocycles. The van der Waals surface area contributed by atoms with E-state index in [2.05, 4.69) is 5.10 Å². The number of ether oxygens (including phenoxy) is 1. The van der Waals surface area contributed by atoms with E-state index < -0.39 is 16.5 Å². The lowest BCUT2D eigenvalue weighted by Gasteiger charge is -2.11. The highest BCUT2D eigenvalue weighted by Gasteiger charge is 2.17. The van der Waals surface area contributed by atoms with Gasteiger partial charge in [0.05, 0.1) is 22.6 Å². The highest BCUT2D eigenvalue weighted by atomic mass is 16.6. The van der Waals surface area contributed by atoms with Crippen molar-refractivity contribution in [2.45, 2.75) is 13.5 Å². The Bertz CT molecular complexity index is 1040. The fraction of sp³-hybridized carbons (Fsp3) is 0.167. The third-order valence-electron chi connectivity index (χ3n) is 3.79. The number of nitro groups is 1. The molecule has 0 unspecified atom stereocenters. The third-order valence-corrected chi connectivity index (χ3v) is 3.79. The molecule has 0 N–H and O–H groups in total. The van der Waals surface area contributed by atoms with Crippen LogP contribution < -0.4 is 5.56 Å². The molecule has 3 rings (SSSR count). The molecule has 8 heteroatoms. The molecule has 0 fully saturated rings. The number of esters is 1. The number of carbonyl (C=O) groups is 1. The summed E-state index contributed by atoms with van der Waals surface area (Å²) >= 11 is 0. The zero-order chi connectivity index (χ0) is 18.7. The second-order valence-electron chi connectivity index (χ2n) is 5.47. The van der Waals surface area contributed by atoms with Crippen LogP contribution in [0.4, 0.5) is 5.69 Å². The molecule has 0 atom stereocenters. The Kier molecular flexibility index (Phi) is 4.74. The molecule has 3 aromatic rings. The van der Waals surface area contributed by atoms with Crippen LogP contribution in [0.25, 0.3) is 22.0 Å². The van der Waals surface area contributed by atoms with E-state index >= 15 is 0 Å². The van der Waals surface area contributed by atoms with Crippen LogP contribution in [0.3, 0.4) is 0 Å². The van der Waals surface area contributed by atoms with Crippen molar-refractivity contribution < 1.29 is 14.5 Å². The molecular formula is C18H15N3O5. The minimum atomic E-state index is -0.606. The third kappa shape index (κ3) is 3.30. The number of hydrogen-bond acceptors (Lipinski definition) is 6. The number of carbonyl (C=O) groups excluding carboxylic acids is 1. The van der Waals surface area contributed by atoms with Crippen molar-refractivity contribution in [3.05, 3.63) is 69.0 Å². The van der Waals surface area contributed by atoms with E-state index in [4.69, 9.17) is 4.74 Å². The second-order valence-corrected chi connectivity index (χ2v) is 5.47. The van der Waals surface area contributed by atoms with Crippen LogP contribution in [-0.4, -0.2) is 27.3 Å². The van der Waals surface area contributed by atoms with E-state index in [1.54, 1.807) is 6.92 Å². The van der Waals surface area contributed by atoms with Gasteiger partial charge in [-0.15, -0.1) is 0 Å². The Hall–Kier alpha value is -3.55. The van der Waals surface area contributed by atoms with Crippen molar-refractivity contribution in [3.8, 4) is 11.3 Å². The second kappa shape index (κ2) is 7.14. The molecule has 0 bridgehead atoms. The van der Waals surface area contributed by atoms with Gasteiger partial charge < -0.3 is 4.74 Å². The summed E-state index contributed by atoms with van der Waals surface area (Å²) in [6.45, 7) is 1.47. The van der Waals surface area contributed by atoms with Gasteiger partial charge in [-0.1, -0.05) is 30.3 Å². The molecule has 0 radical (unpaired) electrons. The smallest absolute Gasteiger partial charge is 0.327 e. The Morgan fingerprint density at radius 1 is 1.19 bits per heavy atom. The molecule has 8 nitrogen and oxygen atoms in total. The first-order valence-corrected chi connectivity index (χ1v) is 7.91. The molecule has 0 spiro atoms. The monoisotopic (exact) mass is 353 g/mol. The van der Waals surface area contributed by atoms with Gasteiger partial charge in [0, 0.05) is 23.1 Å². The topological polar surface area (TPSA) is 104 Å². The molecule has 0 aliphatic rings. The van der Waals surface area contributed by atoms with E-state index in [1.807, 2.05) is 30.3 Å². The van der Waals surface area contributed by atoms with Gasteiger partial charge in [0.1, 0.15) is 6.54 Å². The highest BCUT2D eigenvalue weighted by molar-refractivity contribution is 5.95. The van der Waals surface area contributed by atoms with Crippen LogP contribution in [0, 0.1) is 10.1 Å². The molecule has 1 aromatic heterocycles. The van der Waals surface area contributed by atoms with Crippen LogP contribution in [0.5, 0.6) is 0 Å². The highest BCUT2D eigenvalue weighted by Crippen LogP contribution is 2.27. The van der Waals surface area contributed by atoms with Crippen LogP contribution in [0.15, 0.2) is 53.3 Å². The lowest BCUT2D eigenvalue weighted by Crippen LogP contribution is -2.28. The fourth-order valence-electron chi connectivity index (χ4n) is 2.63. The number of aromatic nitrogens is 2. The van der Waals surface area contributed by atoms with Crippen LogP contribution in [0.2, 0.25) is 0 Å². The van der Waals surface area contributed by atoms with Gasteiger partial charge in [-0.25, -0.2) is 4.68 Å². The predicted molar refractivity (Wildman–Crippen MR) is 94.7 cm³/mol. The number of fused-ring (bicyclic) bond motifs is 1. The SMILES string of the molecule is CCOC(=O)Cn1nc(-c2ccccc2)c2ccc([N+](=O)[O-])cc2c1=O. The zero-order valence-corrected chi connectivity index (χ0v) is 13.9. The van der Waals surface area contributed by atoms with Gasteiger partial charge in [-0.05, 0) is 13.0 Å². The normalized spacial score (nSPS) is 10.7. The molecular weight excluding hydrogens is 338 g/mol. The lowest BCUT2D eigenvalue weighted by atomic mass is 10.0. The molecule has 26 heavy (non-hydrogen) atoms. The molecule has 132 valence electrons. The largest absolute Gasteiger partial charge is 0.465 e. The Labute approximate surface area is 147 Å². The number of benzene rings is 2. The standard InChI is InChI=1S/C18H15N3O5/c1-2-26-16(22)11-20-18(23)15-10-13(21(24)25)8-9-14(15)17(19-20)12-6-4-3-5-7-12/h3-10H,2,11H2,1H3. The zero-order valence-electron chi connectivity index (χ0n) is 13.9. The Morgan fingerprint density at radius 3 is 2.58 bits per heavy atom. The molecule has 0 aliphatic carbocycles. The summed E-state index contributed by atoms with van der Waals surface area (Å²) in [5, 5.41) is 16.0. The summed E-state index contributed by atoms with van der Waals surface area (Å²) in [5.41, 5.74) is 0.391. The average Bonchev–Trinajstić information content (AvgIpc) is 2.64. The molecule has 1 heterocycles. The number of non-ortho nitro benzene ring substituents is 1. The van der Waals surface area contributed by atoms with Gasteiger partial charge in [0.2, 0.25) is 0 Å². The van der Waals surface area contributed by atoms with Gasteiger partial charge in [-0.3, -0.25) is 19.7 Å². The van der Waals surface area contributed by atoms with Crippen molar-refractivity contribution in [3.63, 3.8) is 0 Å². The first-order chi connectivity index (χ1) is 12.5. The van der Waals surface area contributed by atoms with Crippen molar-refractivity contribution in [1.82, 2.24) is 9.78 Å². The summed E-state index contributed by atoms with van der Waals surface area (Å²) in [6.07, 6.45) is 0. The Balaban J connectivity index is 2.27. The van der Waals surface area contributed by atoms with Crippen LogP contribution >= 0.6 is 0 Å². The summed E-state index contributed by atoms with van der Waals surface area (Å²) in [7, 11) is 0. The van der Waals surface area contributed by atoms with Gasteiger partial charge >= 0.3 is 5.97 Å². The van der Waals surface area contributed by atoms with Crippen LogP contribution in [-0.2, 0) is 16.1 Å². The van der Waals surface area contributed by atoms with Crippen molar-refractivity contribution >= 4 is 22.4 Å². The van der Waals surface area contributed by atoms with Crippen molar-refractivity contribution in [2.75, 3.05) is 6.61 Å². The summed E-state index contributed by atoms with van der Waals surface area (Å²) < 4.78 is 5.85. The molecule has 0 amide bonds. The number of nitro benzene ring substituents is 1. The maximum absolute atomic E-state index is 12.7. The maximum Gasteiger partial charge on any atom is 0.327 e. The first-order valence-electron chi connectivity index (χ1n) is 7.91. The number of hydrogen-bond donors (Lipinski definition) is 0. The van der Waals surface area contributed by atoms with Crippen LogP contribution in [0.1, 0.15) is 6.92 Å². The van der Waals surface area contributed by atoms with Crippen molar-refractivity contribution in [2.24, 2.45) is 0 Å². The van der Waals surface area contributed by atoms with E-state index in [-0.39, 0.29) is 24.2 Å². The molecule has 2 aromatic carbocycles. The van der Waals surface area contributed by atoms with E-state index in [1.165, 1.54) is 18.2 Å². The molecule has 0 saturated heterocycles. The first kappa shape index (κ1) is 17.3. The van der Waals surface area contributed by atoms with E-state index in [0.29, 0.717) is 11.1 Å². The Morgan fingerprint density at radius 2 is 1.92 bits per heavy atom. The minimum absolute atomic E-state index is 0.123. The summed E-state index contributed by atoms with van der Waals surface area (Å²) in [4.78, 5) is 35.0. The number of nitrogens with zero attached hydrogens (tertiary/aromatic N) is 3. The summed E-state index contributed by atoms with van der Waals surface area (Å²) in [6, 6.07) is 13.1. The summed E-state index contributed by atoms with van der Waals surface area (Å²) in [5.74, 6) is -0.606. The van der Waals surface area contributed by atoms with E-state index in [9.17, 15) is 19.7 Å².